The average Bonchev–Trinajstić information content (AvgIpc) is 2.99. The molecule has 0 aliphatic heterocycles. The molecule has 0 saturated carbocycles. The number of carbonyl (C=O) groups is 1. The molecule has 8 heteroatoms. The smallest absolute Gasteiger partial charge is 0.247 e. The molecule has 1 aromatic rings. The van der Waals surface area contributed by atoms with E-state index in [0.29, 0.717) is 46.8 Å². The fourth-order valence-corrected chi connectivity index (χ4v) is 4.07. The van der Waals surface area contributed by atoms with E-state index in [0.717, 1.165) is 5.56 Å². The van der Waals surface area contributed by atoms with Gasteiger partial charge >= 0.3 is 0 Å². The molecule has 0 aromatic heterocycles. The minimum absolute atomic E-state index is 0.261. The Balaban J connectivity index is 2.35. The summed E-state index contributed by atoms with van der Waals surface area (Å²) in [6.45, 7) is 1.40. The van der Waals surface area contributed by atoms with Crippen molar-refractivity contribution in [2.24, 2.45) is 0 Å². The summed E-state index contributed by atoms with van der Waals surface area (Å²) in [4.78, 5) is 12.0. The topological polar surface area (TPSA) is 95.5 Å². The Labute approximate surface area is 186 Å². The number of fused-ring (bicyclic) bond motifs is 2. The van der Waals surface area contributed by atoms with E-state index in [2.05, 4.69) is 5.32 Å². The molecule has 0 heterocycles. The van der Waals surface area contributed by atoms with E-state index in [4.69, 9.17) is 27.8 Å². The number of aliphatic hydroxyl groups is 1. The number of hydrogen-bond acceptors (Lipinski definition) is 7. The number of aryl methyl sites for hydroxylation is 1. The Morgan fingerprint density at radius 2 is 1.94 bits per heavy atom. The second-order valence-electron chi connectivity index (χ2n) is 7.18. The molecule has 8 nitrogen and oxygen atoms in total. The molecule has 0 radical (unpaired) electrons. The predicted molar refractivity (Wildman–Crippen MR) is 116 cm³/mol. The summed E-state index contributed by atoms with van der Waals surface area (Å²) >= 11 is 0. The molecule has 1 unspecified atom stereocenters. The second-order valence-corrected chi connectivity index (χ2v) is 7.18. The minimum atomic E-state index is -2.87. The van der Waals surface area contributed by atoms with Gasteiger partial charge in [-0.2, -0.15) is 0 Å². The van der Waals surface area contributed by atoms with Crippen molar-refractivity contribution in [1.82, 2.24) is 5.32 Å². The highest BCUT2D eigenvalue weighted by atomic mass is 16.7. The molecule has 3 rings (SSSR count). The van der Waals surface area contributed by atoms with Crippen LogP contribution in [0.3, 0.4) is 0 Å². The Hall–Kier alpha value is -2.97. The number of ether oxygens (including phenoxy) is 5. The van der Waals surface area contributed by atoms with Gasteiger partial charge in [0.25, 0.3) is 0 Å². The molecule has 0 bridgehead atoms. The molecule has 0 saturated heterocycles. The van der Waals surface area contributed by atoms with Crippen molar-refractivity contribution in [2.75, 3.05) is 35.5 Å². The largest absolute Gasteiger partial charge is 0.506 e. The molecule has 0 fully saturated rings. The SMILES string of the molecule is [2H]C([2H])([2H])OC1(OC)C=CC2=C(C=C1O)[C@@H](NC(C)=O)CCc1cc(OC)c(OC)c(OC)c12. The van der Waals surface area contributed by atoms with Crippen molar-refractivity contribution in [2.45, 2.75) is 31.6 Å². The summed E-state index contributed by atoms with van der Waals surface area (Å²) in [6.07, 6.45) is 5.33. The minimum Gasteiger partial charge on any atom is -0.506 e. The van der Waals surface area contributed by atoms with Gasteiger partial charge in [-0.3, -0.25) is 4.79 Å². The van der Waals surface area contributed by atoms with Crippen LogP contribution in [0.15, 0.2) is 35.6 Å². The summed E-state index contributed by atoms with van der Waals surface area (Å²) in [5, 5.41) is 13.9. The Morgan fingerprint density at radius 1 is 1.19 bits per heavy atom. The van der Waals surface area contributed by atoms with E-state index >= 15 is 0 Å². The van der Waals surface area contributed by atoms with Crippen LogP contribution in [0.1, 0.15) is 28.6 Å². The van der Waals surface area contributed by atoms with Gasteiger partial charge in [-0.1, -0.05) is 6.08 Å². The molecule has 2 aliphatic rings. The van der Waals surface area contributed by atoms with Crippen molar-refractivity contribution in [3.05, 3.63) is 46.8 Å². The summed E-state index contributed by atoms with van der Waals surface area (Å²) in [6, 6.07) is 1.33. The average molecular weight is 435 g/mol. The highest BCUT2D eigenvalue weighted by molar-refractivity contribution is 5.88. The summed E-state index contributed by atoms with van der Waals surface area (Å²) in [7, 11) is 2.88. The van der Waals surface area contributed by atoms with Crippen LogP contribution in [-0.2, 0) is 20.7 Å². The summed E-state index contributed by atoms with van der Waals surface area (Å²) < 4.78 is 49.9. The van der Waals surface area contributed by atoms with Gasteiger partial charge in [0.05, 0.1) is 31.5 Å². The van der Waals surface area contributed by atoms with Crippen LogP contribution in [0.2, 0.25) is 0 Å². The number of amides is 1. The van der Waals surface area contributed by atoms with Gasteiger partial charge in [0, 0.05) is 26.6 Å². The van der Waals surface area contributed by atoms with E-state index < -0.39 is 24.6 Å². The summed E-state index contributed by atoms with van der Waals surface area (Å²) in [5.41, 5.74) is 2.61. The van der Waals surface area contributed by atoms with Crippen molar-refractivity contribution in [3.63, 3.8) is 0 Å². The lowest BCUT2D eigenvalue weighted by Crippen LogP contribution is -2.36. The number of nitrogens with one attached hydrogen (secondary N) is 1. The fourth-order valence-electron chi connectivity index (χ4n) is 4.07. The van der Waals surface area contributed by atoms with E-state index in [1.54, 1.807) is 6.08 Å². The monoisotopic (exact) mass is 434 g/mol. The first kappa shape index (κ1) is 18.8. The second kappa shape index (κ2) is 9.03. The van der Waals surface area contributed by atoms with Gasteiger partial charge in [-0.25, -0.2) is 0 Å². The van der Waals surface area contributed by atoms with Crippen LogP contribution in [0.4, 0.5) is 0 Å². The lowest BCUT2D eigenvalue weighted by molar-refractivity contribution is -0.161. The van der Waals surface area contributed by atoms with Crippen molar-refractivity contribution >= 4 is 11.5 Å². The van der Waals surface area contributed by atoms with E-state index in [9.17, 15) is 9.90 Å². The zero-order chi connectivity index (χ0) is 25.3. The maximum Gasteiger partial charge on any atom is 0.247 e. The fraction of sp³-hybridized carbons (Fsp3) is 0.435. The van der Waals surface area contributed by atoms with Gasteiger partial charge in [-0.05, 0) is 47.8 Å². The van der Waals surface area contributed by atoms with Gasteiger partial charge in [0.1, 0.15) is 0 Å². The molecule has 2 atom stereocenters. The molecular formula is C23H29NO7. The highest BCUT2D eigenvalue weighted by Crippen LogP contribution is 2.48. The molecule has 0 spiro atoms. The number of aliphatic hydroxyl groups excluding tert-OH is 1. The van der Waals surface area contributed by atoms with Crippen molar-refractivity contribution in [1.29, 1.82) is 0 Å². The van der Waals surface area contributed by atoms with Crippen LogP contribution < -0.4 is 19.5 Å². The van der Waals surface area contributed by atoms with Gasteiger partial charge < -0.3 is 34.1 Å². The number of methoxy groups -OCH3 is 5. The third-order valence-corrected chi connectivity index (χ3v) is 5.52. The van der Waals surface area contributed by atoms with Crippen LogP contribution in [0, 0.1) is 0 Å². The standard InChI is InChI=1S/C23H29NO7/c1-13(25)24-17-8-7-14-11-18(27-2)21(28-3)22(29-4)20(14)15-9-10-23(30-5,31-6)19(26)12-16(15)17/h9-12,17,26H,7-8H2,1-6H3,(H,24,25)/t17-/m0/s1/i5D3/t17-,23?. The number of carbonyl (C=O) groups excluding carboxylic acids is 1. The zero-order valence-electron chi connectivity index (χ0n) is 21.2. The van der Waals surface area contributed by atoms with E-state index in [1.165, 1.54) is 47.5 Å². The third-order valence-electron chi connectivity index (χ3n) is 5.52. The normalized spacial score (nSPS) is 24.4. The molecule has 1 amide bonds. The summed E-state index contributed by atoms with van der Waals surface area (Å²) in [5.74, 6) is -1.56. The van der Waals surface area contributed by atoms with E-state index in [1.807, 2.05) is 6.07 Å². The first-order valence-electron chi connectivity index (χ1n) is 11.2. The lowest BCUT2D eigenvalue weighted by Gasteiger charge is -2.26. The van der Waals surface area contributed by atoms with Gasteiger partial charge in [-0.15, -0.1) is 0 Å². The Bertz CT molecular complexity index is 1060. The molecule has 168 valence electrons. The van der Waals surface area contributed by atoms with Crippen LogP contribution >= 0.6 is 0 Å². The maximum atomic E-state index is 12.0. The third kappa shape index (κ3) is 3.88. The van der Waals surface area contributed by atoms with Crippen LogP contribution in [-0.4, -0.2) is 58.3 Å². The van der Waals surface area contributed by atoms with Crippen molar-refractivity contribution < 1.29 is 37.7 Å². The van der Waals surface area contributed by atoms with Gasteiger partial charge in [0.15, 0.2) is 17.3 Å². The zero-order valence-corrected chi connectivity index (χ0v) is 18.2. The molecular weight excluding hydrogens is 402 g/mol. The Kier molecular flexibility index (Phi) is 5.47. The Morgan fingerprint density at radius 3 is 2.52 bits per heavy atom. The van der Waals surface area contributed by atoms with Crippen molar-refractivity contribution in [3.8, 4) is 17.2 Å². The highest BCUT2D eigenvalue weighted by Gasteiger charge is 2.37. The molecule has 1 aromatic carbocycles. The van der Waals surface area contributed by atoms with Crippen LogP contribution in [0.5, 0.6) is 17.2 Å². The first-order chi connectivity index (χ1) is 16.0. The quantitative estimate of drug-likeness (QED) is 0.665. The maximum absolute atomic E-state index is 12.0. The number of rotatable bonds is 6. The van der Waals surface area contributed by atoms with E-state index in [-0.39, 0.29) is 5.91 Å². The van der Waals surface area contributed by atoms with Crippen LogP contribution in [0.25, 0.3) is 5.57 Å². The number of hydrogen-bond donors (Lipinski definition) is 2. The lowest BCUT2D eigenvalue weighted by atomic mass is 9.93. The molecule has 2 aliphatic carbocycles. The number of benzene rings is 1. The predicted octanol–water partition coefficient (Wildman–Crippen LogP) is 2.92. The number of allylic oxidation sites excluding steroid dienone is 2. The first-order valence-corrected chi connectivity index (χ1v) is 9.69. The molecule has 2 N–H and O–H groups in total. The molecule has 31 heavy (non-hydrogen) atoms. The van der Waals surface area contributed by atoms with Gasteiger partial charge in [0.2, 0.25) is 17.4 Å².